The lowest BCUT2D eigenvalue weighted by atomic mass is 10.1. The summed E-state index contributed by atoms with van der Waals surface area (Å²) >= 11 is 1.20. The fourth-order valence-corrected chi connectivity index (χ4v) is 2.70. The molecule has 21 heavy (non-hydrogen) atoms. The number of carbonyl (C=O) groups is 1. The first-order chi connectivity index (χ1) is 9.93. The van der Waals surface area contributed by atoms with Crippen molar-refractivity contribution in [3.63, 3.8) is 0 Å². The Balaban J connectivity index is 2.21. The number of anilines is 1. The Labute approximate surface area is 125 Å². The number of amides is 1. The van der Waals surface area contributed by atoms with Crippen LogP contribution in [0.4, 0.5) is 13.8 Å². The fourth-order valence-electron chi connectivity index (χ4n) is 1.96. The summed E-state index contributed by atoms with van der Waals surface area (Å²) in [5.41, 5.74) is 1.37. The number of hydrogen-bond acceptors (Lipinski definition) is 4. The van der Waals surface area contributed by atoms with Crippen molar-refractivity contribution in [2.24, 2.45) is 0 Å². The monoisotopic (exact) mass is 311 g/mol. The lowest BCUT2D eigenvalue weighted by Crippen LogP contribution is -2.27. The van der Waals surface area contributed by atoms with Crippen LogP contribution in [-0.2, 0) is 6.54 Å². The van der Waals surface area contributed by atoms with Crippen molar-refractivity contribution in [2.45, 2.75) is 13.5 Å². The van der Waals surface area contributed by atoms with E-state index in [-0.39, 0.29) is 18.0 Å². The Morgan fingerprint density at radius 1 is 1.43 bits per heavy atom. The molecule has 112 valence electrons. The molecule has 2 aromatic rings. The predicted octanol–water partition coefficient (Wildman–Crippen LogP) is 3.04. The maximum atomic E-state index is 13.6. The van der Waals surface area contributed by atoms with E-state index in [0.717, 1.165) is 6.07 Å². The molecule has 0 atom stereocenters. The molecule has 4 nitrogen and oxygen atoms in total. The van der Waals surface area contributed by atoms with Crippen LogP contribution >= 0.6 is 11.5 Å². The summed E-state index contributed by atoms with van der Waals surface area (Å²) in [6.07, 6.45) is 0. The molecule has 1 heterocycles. The van der Waals surface area contributed by atoms with Gasteiger partial charge in [-0.25, -0.2) is 8.78 Å². The van der Waals surface area contributed by atoms with Gasteiger partial charge in [-0.05, 0) is 24.5 Å². The number of benzene rings is 1. The van der Waals surface area contributed by atoms with Crippen LogP contribution in [0.15, 0.2) is 18.2 Å². The van der Waals surface area contributed by atoms with E-state index in [0.29, 0.717) is 16.3 Å². The number of hydrogen-bond donors (Lipinski definition) is 1. The number of aryl methyl sites for hydroxylation is 1. The molecular weight excluding hydrogens is 296 g/mol. The van der Waals surface area contributed by atoms with Gasteiger partial charge in [0.15, 0.2) is 0 Å². The molecule has 0 radical (unpaired) electrons. The highest BCUT2D eigenvalue weighted by atomic mass is 32.1. The first-order valence-corrected chi connectivity index (χ1v) is 7.04. The van der Waals surface area contributed by atoms with E-state index in [9.17, 15) is 13.6 Å². The van der Waals surface area contributed by atoms with Crippen LogP contribution in [-0.4, -0.2) is 29.3 Å². The lowest BCUT2D eigenvalue weighted by Gasteiger charge is -2.18. The number of nitrogens with one attached hydrogen (secondary N) is 1. The van der Waals surface area contributed by atoms with Gasteiger partial charge in [0.25, 0.3) is 5.91 Å². The average molecular weight is 311 g/mol. The number of aromatic nitrogens is 1. The fraction of sp³-hybridized carbons (Fsp3) is 0.286. The first-order valence-electron chi connectivity index (χ1n) is 6.27. The third-order valence-corrected chi connectivity index (χ3v) is 4.03. The van der Waals surface area contributed by atoms with Crippen LogP contribution in [0, 0.1) is 18.6 Å². The van der Waals surface area contributed by atoms with Crippen LogP contribution < -0.4 is 5.32 Å². The minimum Gasteiger partial charge on any atom is -0.378 e. The molecule has 0 saturated heterocycles. The first kappa shape index (κ1) is 15.4. The molecule has 0 aliphatic rings. The van der Waals surface area contributed by atoms with Gasteiger partial charge in [-0.1, -0.05) is 6.07 Å². The maximum absolute atomic E-state index is 13.6. The van der Waals surface area contributed by atoms with Crippen LogP contribution in [0.25, 0.3) is 0 Å². The van der Waals surface area contributed by atoms with Crippen LogP contribution in [0.2, 0.25) is 0 Å². The van der Waals surface area contributed by atoms with Gasteiger partial charge in [0, 0.05) is 32.3 Å². The van der Waals surface area contributed by atoms with E-state index < -0.39 is 11.6 Å². The van der Waals surface area contributed by atoms with Crippen molar-refractivity contribution in [2.75, 3.05) is 19.4 Å². The van der Waals surface area contributed by atoms with Crippen molar-refractivity contribution >= 4 is 22.4 Å². The third kappa shape index (κ3) is 3.18. The zero-order valence-corrected chi connectivity index (χ0v) is 12.7. The summed E-state index contributed by atoms with van der Waals surface area (Å²) in [5, 5.41) is 3.59. The SMILES string of the molecule is CNc1snc(C)c1C(=O)N(C)Cc1ccc(F)cc1F. The minimum absolute atomic E-state index is 0.0589. The van der Waals surface area contributed by atoms with Crippen molar-refractivity contribution in [3.05, 3.63) is 46.7 Å². The standard InChI is InChI=1S/C14H15F2N3OS/c1-8-12(13(17-2)21-18-8)14(20)19(3)7-9-4-5-10(15)6-11(9)16/h4-6,17H,7H2,1-3H3. The molecule has 1 aromatic heterocycles. The van der Waals surface area contributed by atoms with E-state index in [1.165, 1.54) is 28.6 Å². The Bertz CT molecular complexity index is 672. The van der Waals surface area contributed by atoms with Crippen molar-refractivity contribution in [3.8, 4) is 0 Å². The summed E-state index contributed by atoms with van der Waals surface area (Å²) in [6, 6.07) is 3.32. The highest BCUT2D eigenvalue weighted by molar-refractivity contribution is 7.10. The van der Waals surface area contributed by atoms with Crippen molar-refractivity contribution in [1.29, 1.82) is 0 Å². The average Bonchev–Trinajstić information content (AvgIpc) is 2.82. The van der Waals surface area contributed by atoms with Crippen molar-refractivity contribution < 1.29 is 13.6 Å². The molecule has 1 N–H and O–H groups in total. The molecule has 0 bridgehead atoms. The van der Waals surface area contributed by atoms with E-state index in [4.69, 9.17) is 0 Å². The van der Waals surface area contributed by atoms with Crippen molar-refractivity contribution in [1.82, 2.24) is 9.27 Å². The third-order valence-electron chi connectivity index (χ3n) is 3.07. The number of halogens is 2. The molecule has 1 aromatic carbocycles. The molecule has 7 heteroatoms. The minimum atomic E-state index is -0.663. The van der Waals surface area contributed by atoms with Gasteiger partial charge in [0.2, 0.25) is 0 Å². The second-order valence-electron chi connectivity index (χ2n) is 4.62. The summed E-state index contributed by atoms with van der Waals surface area (Å²) in [4.78, 5) is 13.8. The van der Waals surface area contributed by atoms with E-state index in [1.54, 1.807) is 21.0 Å². The molecule has 0 saturated carbocycles. The Kier molecular flexibility index (Phi) is 4.52. The normalized spacial score (nSPS) is 10.5. The summed E-state index contributed by atoms with van der Waals surface area (Å²) in [6.45, 7) is 1.81. The highest BCUT2D eigenvalue weighted by Crippen LogP contribution is 2.25. The van der Waals surface area contributed by atoms with Gasteiger partial charge in [0.1, 0.15) is 16.6 Å². The quantitative estimate of drug-likeness (QED) is 0.944. The van der Waals surface area contributed by atoms with Crippen LogP contribution in [0.3, 0.4) is 0 Å². The topological polar surface area (TPSA) is 45.2 Å². The summed E-state index contributed by atoms with van der Waals surface area (Å²) < 4.78 is 30.7. The van der Waals surface area contributed by atoms with Gasteiger partial charge in [-0.3, -0.25) is 4.79 Å². The number of rotatable bonds is 4. The second kappa shape index (κ2) is 6.17. The highest BCUT2D eigenvalue weighted by Gasteiger charge is 2.21. The molecule has 2 rings (SSSR count). The number of nitrogens with zero attached hydrogens (tertiary/aromatic N) is 2. The summed E-state index contributed by atoms with van der Waals surface area (Å²) in [7, 11) is 3.28. The van der Waals surface area contributed by atoms with E-state index >= 15 is 0 Å². The largest absolute Gasteiger partial charge is 0.378 e. The summed E-state index contributed by atoms with van der Waals surface area (Å²) in [5.74, 6) is -1.56. The Morgan fingerprint density at radius 3 is 2.76 bits per heavy atom. The molecule has 0 aliphatic carbocycles. The second-order valence-corrected chi connectivity index (χ2v) is 5.39. The lowest BCUT2D eigenvalue weighted by molar-refractivity contribution is 0.0784. The molecular formula is C14H15F2N3OS. The van der Waals surface area contributed by atoms with Gasteiger partial charge >= 0.3 is 0 Å². The Hall–Kier alpha value is -2.02. The maximum Gasteiger partial charge on any atom is 0.258 e. The predicted molar refractivity (Wildman–Crippen MR) is 78.6 cm³/mol. The van der Waals surface area contributed by atoms with Crippen LogP contribution in [0.1, 0.15) is 21.6 Å². The van der Waals surface area contributed by atoms with Gasteiger partial charge in [0.05, 0.1) is 11.3 Å². The molecule has 0 unspecified atom stereocenters. The molecule has 0 spiro atoms. The van der Waals surface area contributed by atoms with E-state index in [2.05, 4.69) is 9.69 Å². The van der Waals surface area contributed by atoms with Gasteiger partial charge in [-0.2, -0.15) is 4.37 Å². The zero-order valence-electron chi connectivity index (χ0n) is 11.9. The van der Waals surface area contributed by atoms with Gasteiger partial charge in [-0.15, -0.1) is 0 Å². The molecule has 1 amide bonds. The molecule has 0 fully saturated rings. The smallest absolute Gasteiger partial charge is 0.258 e. The van der Waals surface area contributed by atoms with E-state index in [1.807, 2.05) is 0 Å². The van der Waals surface area contributed by atoms with Crippen LogP contribution in [0.5, 0.6) is 0 Å². The Morgan fingerprint density at radius 2 is 2.14 bits per heavy atom. The number of carbonyl (C=O) groups excluding carboxylic acids is 1. The molecule has 0 aliphatic heterocycles. The zero-order chi connectivity index (χ0) is 15.6. The van der Waals surface area contributed by atoms with Gasteiger partial charge < -0.3 is 10.2 Å².